The lowest BCUT2D eigenvalue weighted by Crippen LogP contribution is -2.39. The number of hydrogen-bond donors (Lipinski definition) is 0. The SMILES string of the molecule is Cc1cccc(C(=O)N2CCC[C@@H](c3cc(N4CCOCC4)ncn3)C2)c1. The fraction of sp³-hybridized carbons (Fsp3) is 0.476. The maximum absolute atomic E-state index is 12.9. The van der Waals surface area contributed by atoms with E-state index in [1.165, 1.54) is 0 Å². The van der Waals surface area contributed by atoms with Crippen LogP contribution in [0.5, 0.6) is 0 Å². The van der Waals surface area contributed by atoms with Gasteiger partial charge in [0.05, 0.1) is 18.9 Å². The quantitative estimate of drug-likeness (QED) is 0.836. The van der Waals surface area contributed by atoms with Crippen LogP contribution in [0.2, 0.25) is 0 Å². The highest BCUT2D eigenvalue weighted by atomic mass is 16.5. The van der Waals surface area contributed by atoms with Gasteiger partial charge in [-0.2, -0.15) is 0 Å². The van der Waals surface area contributed by atoms with Crippen LogP contribution in [0.15, 0.2) is 36.7 Å². The molecule has 1 amide bonds. The number of benzene rings is 1. The topological polar surface area (TPSA) is 58.6 Å². The van der Waals surface area contributed by atoms with Crippen molar-refractivity contribution in [2.24, 2.45) is 0 Å². The normalized spacial score (nSPS) is 20.6. The maximum Gasteiger partial charge on any atom is 0.253 e. The summed E-state index contributed by atoms with van der Waals surface area (Å²) in [6, 6.07) is 9.93. The van der Waals surface area contributed by atoms with Crippen molar-refractivity contribution < 1.29 is 9.53 Å². The fourth-order valence-corrected chi connectivity index (χ4v) is 3.91. The highest BCUT2D eigenvalue weighted by Crippen LogP contribution is 2.28. The zero-order valence-corrected chi connectivity index (χ0v) is 15.8. The molecule has 2 fully saturated rings. The average Bonchev–Trinajstić information content (AvgIpc) is 2.74. The largest absolute Gasteiger partial charge is 0.378 e. The molecule has 0 bridgehead atoms. The molecule has 1 aromatic carbocycles. The first-order chi connectivity index (χ1) is 13.2. The van der Waals surface area contributed by atoms with Crippen molar-refractivity contribution in [3.05, 3.63) is 53.5 Å². The zero-order chi connectivity index (χ0) is 18.6. The number of amides is 1. The molecular weight excluding hydrogens is 340 g/mol. The minimum absolute atomic E-state index is 0.117. The van der Waals surface area contributed by atoms with Crippen LogP contribution in [-0.2, 0) is 4.74 Å². The van der Waals surface area contributed by atoms with Crippen molar-refractivity contribution in [3.8, 4) is 0 Å². The van der Waals surface area contributed by atoms with Gasteiger partial charge in [-0.25, -0.2) is 9.97 Å². The van der Waals surface area contributed by atoms with E-state index in [9.17, 15) is 4.79 Å². The van der Waals surface area contributed by atoms with Crippen molar-refractivity contribution in [3.63, 3.8) is 0 Å². The number of carbonyl (C=O) groups is 1. The first-order valence-electron chi connectivity index (χ1n) is 9.71. The first kappa shape index (κ1) is 17.9. The number of likely N-dealkylation sites (tertiary alicyclic amines) is 1. The van der Waals surface area contributed by atoms with E-state index in [1.54, 1.807) is 6.33 Å². The molecule has 2 aliphatic rings. The Kier molecular flexibility index (Phi) is 5.34. The predicted octanol–water partition coefficient (Wildman–Crippen LogP) is 2.64. The number of aromatic nitrogens is 2. The van der Waals surface area contributed by atoms with E-state index in [2.05, 4.69) is 20.9 Å². The van der Waals surface area contributed by atoms with Gasteiger partial charge in [0.15, 0.2) is 0 Å². The van der Waals surface area contributed by atoms with Crippen LogP contribution in [0.25, 0.3) is 0 Å². The summed E-state index contributed by atoms with van der Waals surface area (Å²) >= 11 is 0. The molecule has 0 radical (unpaired) electrons. The first-order valence-corrected chi connectivity index (χ1v) is 9.71. The highest BCUT2D eigenvalue weighted by Gasteiger charge is 2.27. The third kappa shape index (κ3) is 4.11. The van der Waals surface area contributed by atoms with Gasteiger partial charge >= 0.3 is 0 Å². The lowest BCUT2D eigenvalue weighted by molar-refractivity contribution is 0.0705. The molecule has 0 aliphatic carbocycles. The second-order valence-corrected chi connectivity index (χ2v) is 7.36. The second kappa shape index (κ2) is 8.05. The minimum Gasteiger partial charge on any atom is -0.378 e. The molecule has 4 rings (SSSR count). The third-order valence-electron chi connectivity index (χ3n) is 5.40. The third-order valence-corrected chi connectivity index (χ3v) is 5.40. The highest BCUT2D eigenvalue weighted by molar-refractivity contribution is 5.94. The molecule has 0 N–H and O–H groups in total. The second-order valence-electron chi connectivity index (χ2n) is 7.36. The van der Waals surface area contributed by atoms with E-state index in [-0.39, 0.29) is 11.8 Å². The number of carbonyl (C=O) groups excluding carboxylic acids is 1. The van der Waals surface area contributed by atoms with E-state index >= 15 is 0 Å². The minimum atomic E-state index is 0.117. The number of piperidine rings is 1. The van der Waals surface area contributed by atoms with E-state index in [0.717, 1.165) is 68.3 Å². The Bertz CT molecular complexity index is 804. The Labute approximate surface area is 160 Å². The molecule has 0 saturated carbocycles. The summed E-state index contributed by atoms with van der Waals surface area (Å²) in [5, 5.41) is 0. The van der Waals surface area contributed by atoms with Gasteiger partial charge in [0.1, 0.15) is 12.1 Å². The average molecular weight is 366 g/mol. The molecule has 142 valence electrons. The van der Waals surface area contributed by atoms with Crippen LogP contribution in [0.4, 0.5) is 5.82 Å². The summed E-state index contributed by atoms with van der Waals surface area (Å²) < 4.78 is 5.43. The lowest BCUT2D eigenvalue weighted by atomic mass is 9.93. The van der Waals surface area contributed by atoms with Crippen LogP contribution >= 0.6 is 0 Å². The van der Waals surface area contributed by atoms with Gasteiger partial charge in [-0.3, -0.25) is 4.79 Å². The number of aryl methyl sites for hydroxylation is 1. The van der Waals surface area contributed by atoms with Crippen LogP contribution in [0.1, 0.15) is 40.4 Å². The lowest BCUT2D eigenvalue weighted by Gasteiger charge is -2.33. The van der Waals surface area contributed by atoms with Crippen molar-refractivity contribution in [1.82, 2.24) is 14.9 Å². The maximum atomic E-state index is 12.9. The van der Waals surface area contributed by atoms with E-state index in [0.29, 0.717) is 6.54 Å². The summed E-state index contributed by atoms with van der Waals surface area (Å²) in [5.41, 5.74) is 2.92. The molecule has 3 heterocycles. The molecule has 27 heavy (non-hydrogen) atoms. The summed E-state index contributed by atoms with van der Waals surface area (Å²) in [7, 11) is 0. The van der Waals surface area contributed by atoms with Crippen molar-refractivity contribution in [2.45, 2.75) is 25.7 Å². The van der Waals surface area contributed by atoms with Crippen molar-refractivity contribution >= 4 is 11.7 Å². The Balaban J connectivity index is 1.49. The van der Waals surface area contributed by atoms with Gasteiger partial charge < -0.3 is 14.5 Å². The molecule has 6 heteroatoms. The summed E-state index contributed by atoms with van der Waals surface area (Å²) in [6.45, 7) is 6.74. The molecule has 6 nitrogen and oxygen atoms in total. The summed E-state index contributed by atoms with van der Waals surface area (Å²) in [5.74, 6) is 1.34. The Morgan fingerprint density at radius 1 is 1.15 bits per heavy atom. The molecule has 0 unspecified atom stereocenters. The fourth-order valence-electron chi connectivity index (χ4n) is 3.91. The predicted molar refractivity (Wildman–Crippen MR) is 104 cm³/mol. The van der Waals surface area contributed by atoms with E-state index in [4.69, 9.17) is 4.74 Å². The standard InChI is InChI=1S/C21H26N4O2/c1-16-4-2-5-17(12-16)21(26)25-7-3-6-18(14-25)19-13-20(23-15-22-19)24-8-10-27-11-9-24/h2,4-5,12-13,15,18H,3,6-11,14H2,1H3/t18-/m1/s1. The molecule has 2 aromatic rings. The Hall–Kier alpha value is -2.47. The molecule has 1 aromatic heterocycles. The Morgan fingerprint density at radius 3 is 2.81 bits per heavy atom. The van der Waals surface area contributed by atoms with Gasteiger partial charge in [0, 0.05) is 43.7 Å². The van der Waals surface area contributed by atoms with E-state index in [1.807, 2.05) is 36.1 Å². The van der Waals surface area contributed by atoms with Gasteiger partial charge in [0.25, 0.3) is 5.91 Å². The smallest absolute Gasteiger partial charge is 0.253 e. The number of nitrogens with zero attached hydrogens (tertiary/aromatic N) is 4. The number of anilines is 1. The number of hydrogen-bond acceptors (Lipinski definition) is 5. The summed E-state index contributed by atoms with van der Waals surface area (Å²) in [6.07, 6.45) is 3.71. The molecule has 2 aliphatic heterocycles. The number of morpholine rings is 1. The molecule has 1 atom stereocenters. The van der Waals surface area contributed by atoms with Crippen molar-refractivity contribution in [1.29, 1.82) is 0 Å². The summed E-state index contributed by atoms with van der Waals surface area (Å²) in [4.78, 5) is 26.1. The number of ether oxygens (including phenoxy) is 1. The van der Waals surface area contributed by atoms with Gasteiger partial charge in [-0.1, -0.05) is 17.7 Å². The zero-order valence-electron chi connectivity index (χ0n) is 15.8. The van der Waals surface area contributed by atoms with Crippen molar-refractivity contribution in [2.75, 3.05) is 44.3 Å². The van der Waals surface area contributed by atoms with Crippen LogP contribution < -0.4 is 4.90 Å². The van der Waals surface area contributed by atoms with Gasteiger partial charge in [-0.05, 0) is 31.9 Å². The molecule has 2 saturated heterocycles. The number of rotatable bonds is 3. The molecule has 0 spiro atoms. The van der Waals surface area contributed by atoms with Crippen LogP contribution in [0.3, 0.4) is 0 Å². The van der Waals surface area contributed by atoms with Gasteiger partial charge in [0.2, 0.25) is 0 Å². The van der Waals surface area contributed by atoms with Crippen LogP contribution in [-0.4, -0.2) is 60.2 Å². The monoisotopic (exact) mass is 366 g/mol. The molecular formula is C21H26N4O2. The van der Waals surface area contributed by atoms with Crippen LogP contribution in [0, 0.1) is 6.92 Å². The Morgan fingerprint density at radius 2 is 2.00 bits per heavy atom. The van der Waals surface area contributed by atoms with Gasteiger partial charge in [-0.15, -0.1) is 0 Å². The van der Waals surface area contributed by atoms with E-state index < -0.39 is 0 Å².